The van der Waals surface area contributed by atoms with Gasteiger partial charge in [0.25, 0.3) is 5.91 Å². The highest BCUT2D eigenvalue weighted by Crippen LogP contribution is 2.20. The quantitative estimate of drug-likeness (QED) is 0.771. The predicted molar refractivity (Wildman–Crippen MR) is 82.2 cm³/mol. The first kappa shape index (κ1) is 15.7. The van der Waals surface area contributed by atoms with Crippen molar-refractivity contribution < 1.29 is 9.18 Å². The van der Waals surface area contributed by atoms with Gasteiger partial charge in [0.2, 0.25) is 0 Å². The van der Waals surface area contributed by atoms with Gasteiger partial charge in [-0.1, -0.05) is 27.5 Å². The molecule has 0 radical (unpaired) electrons. The third-order valence-electron chi connectivity index (χ3n) is 3.44. The summed E-state index contributed by atoms with van der Waals surface area (Å²) in [6, 6.07) is 3.92. The van der Waals surface area contributed by atoms with Gasteiger partial charge in [-0.3, -0.25) is 4.79 Å². The van der Waals surface area contributed by atoms with E-state index >= 15 is 0 Å². The third kappa shape index (κ3) is 3.93. The lowest BCUT2D eigenvalue weighted by Crippen LogP contribution is -2.35. The summed E-state index contributed by atoms with van der Waals surface area (Å²) >= 11 is 9.39. The molecule has 1 fully saturated rings. The molecule has 1 aromatic carbocycles. The highest BCUT2D eigenvalue weighted by atomic mass is 79.9. The Morgan fingerprint density at radius 3 is 2.80 bits per heavy atom. The molecule has 0 atom stereocenters. The molecule has 0 bridgehead atoms. The second-order valence-electron chi connectivity index (χ2n) is 4.80. The molecule has 1 heterocycles. The Hall–Kier alpha value is -0.650. The number of alkyl halides is 1. The van der Waals surface area contributed by atoms with Crippen LogP contribution < -0.4 is 0 Å². The maximum atomic E-state index is 13.0. The van der Waals surface area contributed by atoms with Crippen LogP contribution in [0.1, 0.15) is 16.8 Å². The number of amides is 1. The number of carbonyl (C=O) groups excluding carboxylic acids is 1. The van der Waals surface area contributed by atoms with Gasteiger partial charge in [0.15, 0.2) is 0 Å². The highest BCUT2D eigenvalue weighted by Gasteiger charge is 2.21. The monoisotopic (exact) mass is 362 g/mol. The molecular formula is C14H17BrClFN2O. The largest absolute Gasteiger partial charge is 0.337 e. The van der Waals surface area contributed by atoms with E-state index in [1.54, 1.807) is 4.90 Å². The van der Waals surface area contributed by atoms with E-state index in [9.17, 15) is 9.18 Å². The minimum atomic E-state index is -0.425. The molecule has 6 heteroatoms. The normalized spacial score (nSPS) is 17.1. The fourth-order valence-corrected chi connectivity index (χ4v) is 3.10. The Balaban J connectivity index is 2.05. The second-order valence-corrected chi connectivity index (χ2v) is 6.00. The van der Waals surface area contributed by atoms with Gasteiger partial charge in [-0.25, -0.2) is 4.39 Å². The number of benzene rings is 1. The van der Waals surface area contributed by atoms with Gasteiger partial charge >= 0.3 is 0 Å². The van der Waals surface area contributed by atoms with Crippen molar-refractivity contribution in [1.29, 1.82) is 0 Å². The van der Waals surface area contributed by atoms with Crippen LogP contribution in [0, 0.1) is 5.82 Å². The van der Waals surface area contributed by atoms with Gasteiger partial charge in [0.1, 0.15) is 5.82 Å². The van der Waals surface area contributed by atoms with Crippen LogP contribution in [0.3, 0.4) is 0 Å². The molecule has 0 spiro atoms. The minimum absolute atomic E-state index is 0.115. The number of halogens is 3. The molecule has 0 saturated carbocycles. The zero-order valence-electron chi connectivity index (χ0n) is 11.1. The lowest BCUT2D eigenvalue weighted by Gasteiger charge is -2.22. The van der Waals surface area contributed by atoms with Crippen molar-refractivity contribution in [3.05, 3.63) is 34.6 Å². The van der Waals surface area contributed by atoms with E-state index in [4.69, 9.17) is 11.6 Å². The van der Waals surface area contributed by atoms with E-state index in [1.807, 2.05) is 0 Å². The Labute approximate surface area is 131 Å². The maximum absolute atomic E-state index is 13.0. The van der Waals surface area contributed by atoms with Crippen LogP contribution in [-0.4, -0.2) is 53.8 Å². The molecular weight excluding hydrogens is 347 g/mol. The van der Waals surface area contributed by atoms with Crippen molar-refractivity contribution in [3.8, 4) is 0 Å². The van der Waals surface area contributed by atoms with Gasteiger partial charge in [-0.2, -0.15) is 0 Å². The molecule has 2 rings (SSSR count). The van der Waals surface area contributed by atoms with Crippen molar-refractivity contribution in [2.45, 2.75) is 6.42 Å². The zero-order valence-corrected chi connectivity index (χ0v) is 13.5. The Morgan fingerprint density at radius 1 is 1.30 bits per heavy atom. The van der Waals surface area contributed by atoms with E-state index in [-0.39, 0.29) is 10.9 Å². The van der Waals surface area contributed by atoms with E-state index < -0.39 is 5.82 Å². The first-order valence-electron chi connectivity index (χ1n) is 6.64. The van der Waals surface area contributed by atoms with Crippen LogP contribution in [0.2, 0.25) is 5.02 Å². The van der Waals surface area contributed by atoms with E-state index in [0.717, 1.165) is 31.4 Å². The average Bonchev–Trinajstić information content (AvgIpc) is 2.64. The van der Waals surface area contributed by atoms with E-state index in [2.05, 4.69) is 20.8 Å². The first-order valence-corrected chi connectivity index (χ1v) is 8.14. The van der Waals surface area contributed by atoms with Crippen LogP contribution in [-0.2, 0) is 0 Å². The van der Waals surface area contributed by atoms with Gasteiger partial charge in [0.05, 0.1) is 10.6 Å². The summed E-state index contributed by atoms with van der Waals surface area (Å²) in [6.07, 6.45) is 0.942. The summed E-state index contributed by atoms with van der Waals surface area (Å²) in [4.78, 5) is 16.6. The number of hydrogen-bond acceptors (Lipinski definition) is 2. The van der Waals surface area contributed by atoms with Crippen LogP contribution in [0.4, 0.5) is 4.39 Å². The molecule has 20 heavy (non-hydrogen) atoms. The average molecular weight is 364 g/mol. The Morgan fingerprint density at radius 2 is 2.10 bits per heavy atom. The fourth-order valence-electron chi connectivity index (χ4n) is 2.35. The molecule has 0 aromatic heterocycles. The van der Waals surface area contributed by atoms with Gasteiger partial charge < -0.3 is 9.80 Å². The topological polar surface area (TPSA) is 23.6 Å². The van der Waals surface area contributed by atoms with Gasteiger partial charge in [0, 0.05) is 31.5 Å². The Bertz CT molecular complexity index is 486. The summed E-state index contributed by atoms with van der Waals surface area (Å²) in [5.74, 6) is -0.540. The predicted octanol–water partition coefficient (Wildman–Crippen LogP) is 3.02. The van der Waals surface area contributed by atoms with Crippen molar-refractivity contribution in [3.63, 3.8) is 0 Å². The molecule has 1 amide bonds. The number of hydrogen-bond donors (Lipinski definition) is 0. The van der Waals surface area contributed by atoms with Crippen LogP contribution in [0.15, 0.2) is 18.2 Å². The van der Waals surface area contributed by atoms with Crippen LogP contribution >= 0.6 is 27.5 Å². The standard InChI is InChI=1S/C14H17BrClFN2O/c15-4-7-18-5-1-6-19(9-8-18)14(20)12-3-2-11(17)10-13(12)16/h2-3,10H,1,4-9H2. The van der Waals surface area contributed by atoms with Gasteiger partial charge in [-0.15, -0.1) is 0 Å². The summed E-state index contributed by atoms with van der Waals surface area (Å²) in [5.41, 5.74) is 0.377. The summed E-state index contributed by atoms with van der Waals surface area (Å²) in [6.45, 7) is 4.23. The molecule has 3 nitrogen and oxygen atoms in total. The van der Waals surface area contributed by atoms with Crippen molar-refractivity contribution in [1.82, 2.24) is 9.80 Å². The smallest absolute Gasteiger partial charge is 0.255 e. The molecule has 0 unspecified atom stereocenters. The van der Waals surface area contributed by atoms with Crippen LogP contribution in [0.25, 0.3) is 0 Å². The first-order chi connectivity index (χ1) is 9.61. The molecule has 1 aliphatic heterocycles. The lowest BCUT2D eigenvalue weighted by atomic mass is 10.2. The number of nitrogens with zero attached hydrogens (tertiary/aromatic N) is 2. The summed E-state index contributed by atoms with van der Waals surface area (Å²) in [5, 5.41) is 1.11. The number of carbonyl (C=O) groups is 1. The molecule has 0 aliphatic carbocycles. The SMILES string of the molecule is O=C(c1ccc(F)cc1Cl)N1CCCN(CCBr)CC1. The fraction of sp³-hybridized carbons (Fsp3) is 0.500. The maximum Gasteiger partial charge on any atom is 0.255 e. The van der Waals surface area contributed by atoms with Gasteiger partial charge in [-0.05, 0) is 31.2 Å². The third-order valence-corrected chi connectivity index (χ3v) is 4.11. The van der Waals surface area contributed by atoms with Crippen molar-refractivity contribution >= 4 is 33.4 Å². The molecule has 110 valence electrons. The molecule has 1 aromatic rings. The van der Waals surface area contributed by atoms with Crippen molar-refractivity contribution in [2.24, 2.45) is 0 Å². The highest BCUT2D eigenvalue weighted by molar-refractivity contribution is 9.09. The van der Waals surface area contributed by atoms with Crippen molar-refractivity contribution in [2.75, 3.05) is 38.1 Å². The summed E-state index contributed by atoms with van der Waals surface area (Å²) < 4.78 is 13.0. The molecule has 1 aliphatic rings. The van der Waals surface area contributed by atoms with Crippen LogP contribution in [0.5, 0.6) is 0 Å². The minimum Gasteiger partial charge on any atom is -0.337 e. The molecule has 1 saturated heterocycles. The zero-order chi connectivity index (χ0) is 14.5. The lowest BCUT2D eigenvalue weighted by molar-refractivity contribution is 0.0762. The molecule has 0 N–H and O–H groups in total. The number of rotatable bonds is 3. The Kier molecular flexibility index (Phi) is 5.81. The second kappa shape index (κ2) is 7.38. The van der Waals surface area contributed by atoms with E-state index in [0.29, 0.717) is 18.7 Å². The summed E-state index contributed by atoms with van der Waals surface area (Å²) in [7, 11) is 0. The van der Waals surface area contributed by atoms with E-state index in [1.165, 1.54) is 18.2 Å².